The number of pyridine rings is 1. The van der Waals surface area contributed by atoms with Crippen LogP contribution in [0.5, 0.6) is 0 Å². The molecule has 0 saturated carbocycles. The standard InChI is InChI=1S/C21H21N3O2/c1-2-19(25)24-14-16-6-3-4-7-17(16)20(24)21(26)23-13-5-8-18(23)15-9-11-22-12-10-15/h2-4,6-7,9-12,18,20H,1,5,8,13-14H2. The molecule has 26 heavy (non-hydrogen) atoms. The minimum atomic E-state index is -0.570. The molecule has 2 unspecified atom stereocenters. The molecule has 2 aromatic rings. The van der Waals surface area contributed by atoms with Gasteiger partial charge in [-0.2, -0.15) is 0 Å². The minimum absolute atomic E-state index is 0.00976. The highest BCUT2D eigenvalue weighted by molar-refractivity contribution is 5.94. The van der Waals surface area contributed by atoms with Crippen molar-refractivity contribution in [2.75, 3.05) is 6.54 Å². The predicted molar refractivity (Wildman–Crippen MR) is 97.9 cm³/mol. The Bertz CT molecular complexity index is 849. The highest BCUT2D eigenvalue weighted by Gasteiger charge is 2.42. The number of fused-ring (bicyclic) bond motifs is 1. The van der Waals surface area contributed by atoms with E-state index in [2.05, 4.69) is 11.6 Å². The Balaban J connectivity index is 1.69. The second-order valence-corrected chi connectivity index (χ2v) is 6.74. The molecule has 1 aromatic carbocycles. The number of aromatic nitrogens is 1. The van der Waals surface area contributed by atoms with Gasteiger partial charge in [-0.3, -0.25) is 14.6 Å². The normalized spacial score (nSPS) is 21.5. The molecule has 0 aliphatic carbocycles. The average Bonchev–Trinajstić information content (AvgIpc) is 3.32. The summed E-state index contributed by atoms with van der Waals surface area (Å²) in [5, 5.41) is 0. The summed E-state index contributed by atoms with van der Waals surface area (Å²) in [6.07, 6.45) is 6.70. The number of benzene rings is 1. The lowest BCUT2D eigenvalue weighted by Gasteiger charge is -2.31. The molecule has 4 rings (SSSR count). The fourth-order valence-electron chi connectivity index (χ4n) is 4.10. The second kappa shape index (κ2) is 6.75. The summed E-state index contributed by atoms with van der Waals surface area (Å²) in [5.41, 5.74) is 3.05. The van der Waals surface area contributed by atoms with Crippen LogP contribution >= 0.6 is 0 Å². The summed E-state index contributed by atoms with van der Waals surface area (Å²) in [7, 11) is 0. The molecule has 1 saturated heterocycles. The van der Waals surface area contributed by atoms with Crippen LogP contribution in [0.15, 0.2) is 61.4 Å². The van der Waals surface area contributed by atoms with E-state index in [1.54, 1.807) is 17.3 Å². The number of hydrogen-bond acceptors (Lipinski definition) is 3. The van der Waals surface area contributed by atoms with Gasteiger partial charge >= 0.3 is 0 Å². The van der Waals surface area contributed by atoms with E-state index in [0.29, 0.717) is 13.1 Å². The van der Waals surface area contributed by atoms with Gasteiger partial charge in [0, 0.05) is 25.5 Å². The van der Waals surface area contributed by atoms with E-state index in [0.717, 1.165) is 29.5 Å². The first-order chi connectivity index (χ1) is 12.7. The van der Waals surface area contributed by atoms with Crippen molar-refractivity contribution in [1.29, 1.82) is 0 Å². The number of nitrogens with zero attached hydrogens (tertiary/aromatic N) is 3. The van der Waals surface area contributed by atoms with E-state index in [-0.39, 0.29) is 17.9 Å². The van der Waals surface area contributed by atoms with Gasteiger partial charge in [0.15, 0.2) is 0 Å². The third kappa shape index (κ3) is 2.69. The first-order valence-corrected chi connectivity index (χ1v) is 8.92. The van der Waals surface area contributed by atoms with Gasteiger partial charge < -0.3 is 9.80 Å². The van der Waals surface area contributed by atoms with Crippen molar-refractivity contribution in [3.63, 3.8) is 0 Å². The average molecular weight is 347 g/mol. The van der Waals surface area contributed by atoms with Crippen molar-refractivity contribution in [3.05, 3.63) is 78.1 Å². The van der Waals surface area contributed by atoms with Crippen LogP contribution in [0.2, 0.25) is 0 Å². The van der Waals surface area contributed by atoms with E-state index < -0.39 is 6.04 Å². The maximum atomic E-state index is 13.5. The summed E-state index contributed by atoms with van der Waals surface area (Å²) < 4.78 is 0. The number of amides is 2. The number of carbonyl (C=O) groups is 2. The minimum Gasteiger partial charge on any atom is -0.334 e. The molecular weight excluding hydrogens is 326 g/mol. The van der Waals surface area contributed by atoms with Crippen LogP contribution in [0.25, 0.3) is 0 Å². The van der Waals surface area contributed by atoms with E-state index in [1.807, 2.05) is 41.3 Å². The highest BCUT2D eigenvalue weighted by atomic mass is 16.2. The van der Waals surface area contributed by atoms with Crippen LogP contribution in [0, 0.1) is 0 Å². The third-order valence-corrected chi connectivity index (χ3v) is 5.32. The molecule has 1 aromatic heterocycles. The molecule has 5 nitrogen and oxygen atoms in total. The number of rotatable bonds is 3. The summed E-state index contributed by atoms with van der Waals surface area (Å²) >= 11 is 0. The lowest BCUT2D eigenvalue weighted by Crippen LogP contribution is -2.41. The number of carbonyl (C=O) groups excluding carboxylic acids is 2. The summed E-state index contributed by atoms with van der Waals surface area (Å²) in [6.45, 7) is 4.76. The molecular formula is C21H21N3O2. The second-order valence-electron chi connectivity index (χ2n) is 6.74. The topological polar surface area (TPSA) is 53.5 Å². The molecule has 0 radical (unpaired) electrons. The molecule has 0 bridgehead atoms. The maximum Gasteiger partial charge on any atom is 0.250 e. The zero-order chi connectivity index (χ0) is 18.1. The quantitative estimate of drug-likeness (QED) is 0.802. The van der Waals surface area contributed by atoms with Crippen LogP contribution in [-0.2, 0) is 16.1 Å². The fraction of sp³-hybridized carbons (Fsp3) is 0.286. The molecule has 2 aliphatic heterocycles. The van der Waals surface area contributed by atoms with Crippen molar-refractivity contribution < 1.29 is 9.59 Å². The van der Waals surface area contributed by atoms with Crippen LogP contribution < -0.4 is 0 Å². The summed E-state index contributed by atoms with van der Waals surface area (Å²) in [6, 6.07) is 11.2. The molecule has 3 heterocycles. The molecule has 2 amide bonds. The maximum absolute atomic E-state index is 13.5. The Morgan fingerprint density at radius 1 is 1.12 bits per heavy atom. The van der Waals surface area contributed by atoms with E-state index in [1.165, 1.54) is 6.08 Å². The Morgan fingerprint density at radius 2 is 1.88 bits per heavy atom. The molecule has 0 spiro atoms. The third-order valence-electron chi connectivity index (χ3n) is 5.32. The van der Waals surface area contributed by atoms with Gasteiger partial charge in [-0.1, -0.05) is 30.8 Å². The van der Waals surface area contributed by atoms with Crippen LogP contribution in [0.3, 0.4) is 0 Å². The molecule has 132 valence electrons. The van der Waals surface area contributed by atoms with Gasteiger partial charge in [-0.05, 0) is 47.7 Å². The zero-order valence-electron chi connectivity index (χ0n) is 14.5. The van der Waals surface area contributed by atoms with Gasteiger partial charge in [0.2, 0.25) is 5.91 Å². The van der Waals surface area contributed by atoms with Crippen molar-refractivity contribution in [3.8, 4) is 0 Å². The molecule has 5 heteroatoms. The van der Waals surface area contributed by atoms with Gasteiger partial charge in [0.05, 0.1) is 6.04 Å². The molecule has 0 N–H and O–H groups in total. The van der Waals surface area contributed by atoms with E-state index in [4.69, 9.17) is 0 Å². The van der Waals surface area contributed by atoms with Crippen molar-refractivity contribution in [2.24, 2.45) is 0 Å². The predicted octanol–water partition coefficient (Wildman–Crippen LogP) is 3.01. The first-order valence-electron chi connectivity index (χ1n) is 8.92. The van der Waals surface area contributed by atoms with Crippen LogP contribution in [-0.4, -0.2) is 33.1 Å². The van der Waals surface area contributed by atoms with Gasteiger partial charge in [0.25, 0.3) is 5.91 Å². The molecule has 1 fully saturated rings. The lowest BCUT2D eigenvalue weighted by atomic mass is 10.0. The molecule has 2 aliphatic rings. The smallest absolute Gasteiger partial charge is 0.250 e. The van der Waals surface area contributed by atoms with Gasteiger partial charge in [0.1, 0.15) is 6.04 Å². The Morgan fingerprint density at radius 3 is 2.65 bits per heavy atom. The number of likely N-dealkylation sites (tertiary alicyclic amines) is 1. The van der Waals surface area contributed by atoms with Crippen molar-refractivity contribution in [2.45, 2.75) is 31.5 Å². The highest BCUT2D eigenvalue weighted by Crippen LogP contribution is 2.39. The van der Waals surface area contributed by atoms with Crippen molar-refractivity contribution >= 4 is 11.8 Å². The Hall–Kier alpha value is -2.95. The zero-order valence-corrected chi connectivity index (χ0v) is 14.5. The molecule has 2 atom stereocenters. The number of hydrogen-bond donors (Lipinski definition) is 0. The van der Waals surface area contributed by atoms with Crippen molar-refractivity contribution in [1.82, 2.24) is 14.8 Å². The monoisotopic (exact) mass is 347 g/mol. The summed E-state index contributed by atoms with van der Waals surface area (Å²) in [5.74, 6) is -0.219. The Kier molecular flexibility index (Phi) is 4.29. The van der Waals surface area contributed by atoms with Gasteiger partial charge in [-0.25, -0.2) is 0 Å². The van der Waals surface area contributed by atoms with Crippen LogP contribution in [0.1, 0.15) is 41.6 Å². The van der Waals surface area contributed by atoms with E-state index in [9.17, 15) is 9.59 Å². The fourth-order valence-corrected chi connectivity index (χ4v) is 4.10. The largest absolute Gasteiger partial charge is 0.334 e. The van der Waals surface area contributed by atoms with Crippen LogP contribution in [0.4, 0.5) is 0 Å². The first kappa shape index (κ1) is 16.5. The van der Waals surface area contributed by atoms with E-state index >= 15 is 0 Å². The Labute approximate surface area is 152 Å². The van der Waals surface area contributed by atoms with Gasteiger partial charge in [-0.15, -0.1) is 0 Å². The summed E-state index contributed by atoms with van der Waals surface area (Å²) in [4.78, 5) is 33.5. The SMILES string of the molecule is C=CC(=O)N1Cc2ccccc2C1C(=O)N1CCCC1c1ccncc1. The lowest BCUT2D eigenvalue weighted by molar-refractivity contribution is -0.144.